The van der Waals surface area contributed by atoms with Gasteiger partial charge in [0.05, 0.1) is 27.8 Å². The van der Waals surface area contributed by atoms with Crippen LogP contribution in [-0.4, -0.2) is 26.6 Å². The number of nitrogens with zero attached hydrogens (tertiary/aromatic N) is 4. The number of aryl methyl sites for hydroxylation is 3. The van der Waals surface area contributed by atoms with Crippen LogP contribution in [0.5, 0.6) is 0 Å². The summed E-state index contributed by atoms with van der Waals surface area (Å²) in [4.78, 5) is 43.3. The smallest absolute Gasteiger partial charge is 0.268 e. The third kappa shape index (κ3) is 4.24. The molecule has 176 valence electrons. The lowest BCUT2D eigenvalue weighted by Gasteiger charge is -2.12. The van der Waals surface area contributed by atoms with Crippen molar-refractivity contribution in [1.29, 1.82) is 0 Å². The fraction of sp³-hybridized carbons (Fsp3) is 0.200. The minimum atomic E-state index is -0.510. The van der Waals surface area contributed by atoms with Crippen LogP contribution in [0.4, 0.5) is 5.69 Å². The number of fused-ring (bicyclic) bond motifs is 3. The minimum Gasteiger partial charge on any atom is -0.268 e. The van der Waals surface area contributed by atoms with Crippen molar-refractivity contribution in [2.24, 2.45) is 5.10 Å². The van der Waals surface area contributed by atoms with Crippen molar-refractivity contribution in [3.05, 3.63) is 96.4 Å². The molecule has 2 heterocycles. The first kappa shape index (κ1) is 22.6. The molecule has 9 nitrogen and oxygen atoms in total. The van der Waals surface area contributed by atoms with E-state index in [1.54, 1.807) is 59.2 Å². The zero-order chi connectivity index (χ0) is 24.5. The number of para-hydroxylation sites is 1. The van der Waals surface area contributed by atoms with Gasteiger partial charge in [0, 0.05) is 16.5 Å². The molecule has 0 fully saturated rings. The molecule has 0 radical (unpaired) electrons. The van der Waals surface area contributed by atoms with E-state index in [4.69, 9.17) is 4.98 Å². The molecule has 0 aliphatic heterocycles. The number of nitro groups is 1. The lowest BCUT2D eigenvalue weighted by molar-refractivity contribution is -0.385. The fourth-order valence-corrected chi connectivity index (χ4v) is 5.66. The number of carbonyl (C=O) groups is 1. The maximum absolute atomic E-state index is 13.4. The lowest BCUT2D eigenvalue weighted by atomic mass is 9.97. The van der Waals surface area contributed by atoms with Crippen molar-refractivity contribution in [1.82, 2.24) is 15.0 Å². The number of rotatable bonds is 5. The van der Waals surface area contributed by atoms with Crippen molar-refractivity contribution in [2.45, 2.75) is 32.6 Å². The minimum absolute atomic E-state index is 0.0850. The monoisotopic (exact) mass is 487 g/mol. The second-order valence-electron chi connectivity index (χ2n) is 8.25. The topological polar surface area (TPSA) is 119 Å². The van der Waals surface area contributed by atoms with E-state index in [0.29, 0.717) is 22.5 Å². The predicted octanol–water partition coefficient (Wildman–Crippen LogP) is 4.31. The van der Waals surface area contributed by atoms with E-state index in [1.165, 1.54) is 23.2 Å². The van der Waals surface area contributed by atoms with Gasteiger partial charge in [0.15, 0.2) is 0 Å². The molecule has 1 aliphatic rings. The third-order valence-electron chi connectivity index (χ3n) is 6.05. The van der Waals surface area contributed by atoms with E-state index in [1.807, 2.05) is 0 Å². The van der Waals surface area contributed by atoms with Crippen LogP contribution in [0.1, 0.15) is 45.0 Å². The fourth-order valence-electron chi connectivity index (χ4n) is 4.36. The Hall–Kier alpha value is -4.18. The molecule has 4 aromatic rings. The van der Waals surface area contributed by atoms with Crippen molar-refractivity contribution < 1.29 is 9.72 Å². The number of hydrogen-bond acceptors (Lipinski definition) is 7. The average molecular weight is 488 g/mol. The number of benzene rings is 2. The summed E-state index contributed by atoms with van der Waals surface area (Å²) in [6.45, 7) is 1.80. The van der Waals surface area contributed by atoms with Gasteiger partial charge in [0.2, 0.25) is 0 Å². The number of amides is 1. The highest BCUT2D eigenvalue weighted by Gasteiger charge is 2.21. The van der Waals surface area contributed by atoms with E-state index in [0.717, 1.165) is 36.1 Å². The zero-order valence-corrected chi connectivity index (χ0v) is 19.7. The summed E-state index contributed by atoms with van der Waals surface area (Å²) in [5.41, 5.74) is 4.56. The van der Waals surface area contributed by atoms with Gasteiger partial charge in [-0.05, 0) is 68.5 Å². The van der Waals surface area contributed by atoms with Crippen LogP contribution >= 0.6 is 11.3 Å². The summed E-state index contributed by atoms with van der Waals surface area (Å²) >= 11 is 1.62. The van der Waals surface area contributed by atoms with Gasteiger partial charge in [-0.1, -0.05) is 12.1 Å². The Morgan fingerprint density at radius 3 is 2.69 bits per heavy atom. The van der Waals surface area contributed by atoms with E-state index in [2.05, 4.69) is 10.5 Å². The lowest BCUT2D eigenvalue weighted by Crippen LogP contribution is -2.23. The first-order valence-corrected chi connectivity index (χ1v) is 12.0. The molecule has 5 rings (SSSR count). The molecule has 1 amide bonds. The average Bonchev–Trinajstić information content (AvgIpc) is 3.23. The molecule has 0 saturated heterocycles. The second kappa shape index (κ2) is 9.22. The number of aromatic nitrogens is 2. The Balaban J connectivity index is 1.39. The molecule has 0 spiro atoms. The number of thiophene rings is 1. The quantitative estimate of drug-likeness (QED) is 0.256. The van der Waals surface area contributed by atoms with Crippen LogP contribution in [0.25, 0.3) is 15.9 Å². The Morgan fingerprint density at radius 2 is 1.91 bits per heavy atom. The Labute approximate surface area is 203 Å². The third-order valence-corrected chi connectivity index (χ3v) is 7.23. The van der Waals surface area contributed by atoms with Crippen molar-refractivity contribution in [2.75, 3.05) is 0 Å². The highest BCUT2D eigenvalue weighted by atomic mass is 32.1. The first-order chi connectivity index (χ1) is 16.9. The summed E-state index contributed by atoms with van der Waals surface area (Å²) in [7, 11) is 0. The molecule has 1 aliphatic carbocycles. The molecule has 2 aromatic heterocycles. The summed E-state index contributed by atoms with van der Waals surface area (Å²) in [5, 5.41) is 15.6. The first-order valence-electron chi connectivity index (χ1n) is 11.1. The number of nitro benzene ring substituents is 1. The van der Waals surface area contributed by atoms with E-state index in [-0.39, 0.29) is 16.8 Å². The molecule has 35 heavy (non-hydrogen) atoms. The molecule has 0 atom stereocenters. The van der Waals surface area contributed by atoms with Crippen molar-refractivity contribution in [3.63, 3.8) is 0 Å². The molecule has 10 heteroatoms. The molecule has 1 N–H and O–H groups in total. The normalized spacial score (nSPS) is 13.2. The van der Waals surface area contributed by atoms with Gasteiger partial charge in [0.25, 0.3) is 17.2 Å². The maximum atomic E-state index is 13.4. The van der Waals surface area contributed by atoms with Gasteiger partial charge in [-0.2, -0.15) is 5.10 Å². The van der Waals surface area contributed by atoms with Crippen LogP contribution in [0.2, 0.25) is 0 Å². The molecular formula is C25H21N5O4S. The van der Waals surface area contributed by atoms with Gasteiger partial charge in [-0.25, -0.2) is 10.4 Å². The molecular weight excluding hydrogens is 466 g/mol. The van der Waals surface area contributed by atoms with E-state index < -0.39 is 10.8 Å². The molecule has 0 unspecified atom stereocenters. The predicted molar refractivity (Wildman–Crippen MR) is 135 cm³/mol. The Kier molecular flexibility index (Phi) is 5.96. The van der Waals surface area contributed by atoms with Crippen molar-refractivity contribution in [3.8, 4) is 5.69 Å². The van der Waals surface area contributed by atoms with Crippen LogP contribution in [0, 0.1) is 17.0 Å². The summed E-state index contributed by atoms with van der Waals surface area (Å²) in [5.74, 6) is 0.114. The molecule has 2 aromatic carbocycles. The highest BCUT2D eigenvalue weighted by Crippen LogP contribution is 2.34. The van der Waals surface area contributed by atoms with Crippen LogP contribution in [0.15, 0.2) is 58.4 Å². The summed E-state index contributed by atoms with van der Waals surface area (Å²) in [6.07, 6.45) is 5.36. The number of nitrogens with one attached hydrogen (secondary N) is 1. The summed E-state index contributed by atoms with van der Waals surface area (Å²) < 4.78 is 1.58. The number of carbonyl (C=O) groups excluding carboxylic acids is 1. The van der Waals surface area contributed by atoms with Gasteiger partial charge < -0.3 is 0 Å². The zero-order valence-electron chi connectivity index (χ0n) is 18.9. The highest BCUT2D eigenvalue weighted by molar-refractivity contribution is 7.18. The van der Waals surface area contributed by atoms with Gasteiger partial charge in [-0.3, -0.25) is 24.3 Å². The maximum Gasteiger partial charge on any atom is 0.278 e. The van der Waals surface area contributed by atoms with Crippen LogP contribution in [0.3, 0.4) is 0 Å². The van der Waals surface area contributed by atoms with E-state index in [9.17, 15) is 19.7 Å². The SMILES string of the molecule is Cc1nc2sc3c(c2c(=O)n1-c1ccc(C(=O)N/N=C\c2ccccc2[N+](=O)[O-])cc1)CCCC3. The molecule has 0 bridgehead atoms. The van der Waals surface area contributed by atoms with Gasteiger partial charge >= 0.3 is 0 Å². The van der Waals surface area contributed by atoms with Gasteiger partial charge in [-0.15, -0.1) is 11.3 Å². The molecule has 0 saturated carbocycles. The summed E-state index contributed by atoms with van der Waals surface area (Å²) in [6, 6.07) is 12.7. The largest absolute Gasteiger partial charge is 0.278 e. The van der Waals surface area contributed by atoms with E-state index >= 15 is 0 Å². The van der Waals surface area contributed by atoms with Crippen LogP contribution < -0.4 is 11.0 Å². The number of hydrazone groups is 1. The second-order valence-corrected chi connectivity index (χ2v) is 9.34. The van der Waals surface area contributed by atoms with Crippen molar-refractivity contribution >= 4 is 39.4 Å². The van der Waals surface area contributed by atoms with Gasteiger partial charge in [0.1, 0.15) is 10.7 Å². The number of hydrogen-bond donors (Lipinski definition) is 1. The Bertz CT molecular complexity index is 1550. The standard InChI is InChI=1S/C25H21N5O4S/c1-15-27-24-22(19-7-3-5-9-21(19)35-24)25(32)29(15)18-12-10-16(11-13-18)23(31)28-26-14-17-6-2-4-8-20(17)30(33)34/h2,4,6,8,10-14H,3,5,7,9H2,1H3,(H,28,31)/b26-14-. The van der Waals surface area contributed by atoms with Crippen LogP contribution in [-0.2, 0) is 12.8 Å². The Morgan fingerprint density at radius 1 is 1.17 bits per heavy atom.